The molecule has 0 aliphatic rings. The Morgan fingerprint density at radius 3 is 2.63 bits per heavy atom. The van der Waals surface area contributed by atoms with Crippen LogP contribution in [0.4, 0.5) is 5.69 Å². The number of alkyl halides is 1. The molecule has 0 unspecified atom stereocenters. The van der Waals surface area contributed by atoms with Crippen molar-refractivity contribution in [2.24, 2.45) is 0 Å². The van der Waals surface area contributed by atoms with Crippen molar-refractivity contribution in [1.82, 2.24) is 4.90 Å². The maximum atomic E-state index is 12.3. The molecule has 5 nitrogen and oxygen atoms in total. The van der Waals surface area contributed by atoms with E-state index in [0.29, 0.717) is 19.0 Å². The average Bonchev–Trinajstić information content (AvgIpc) is 2.42. The SMILES string of the molecule is CCCCN(CCCl)C(=O)c1ccccc1[N+](=O)[O-]. The molecule has 0 heterocycles. The number of carbonyl (C=O) groups excluding carboxylic acids is 1. The molecule has 1 aromatic rings. The van der Waals surface area contributed by atoms with E-state index in [4.69, 9.17) is 11.6 Å². The molecule has 104 valence electrons. The largest absolute Gasteiger partial charge is 0.337 e. The number of rotatable bonds is 7. The van der Waals surface area contributed by atoms with Crippen LogP contribution in [0.5, 0.6) is 0 Å². The van der Waals surface area contributed by atoms with Crippen molar-refractivity contribution in [2.45, 2.75) is 19.8 Å². The van der Waals surface area contributed by atoms with Gasteiger partial charge >= 0.3 is 0 Å². The Labute approximate surface area is 117 Å². The number of carbonyl (C=O) groups is 1. The van der Waals surface area contributed by atoms with E-state index < -0.39 is 4.92 Å². The summed E-state index contributed by atoms with van der Waals surface area (Å²) in [5.41, 5.74) is -0.0442. The summed E-state index contributed by atoms with van der Waals surface area (Å²) in [5.74, 6) is -0.0165. The molecule has 0 aliphatic heterocycles. The van der Waals surface area contributed by atoms with Gasteiger partial charge in [-0.1, -0.05) is 25.5 Å². The third kappa shape index (κ3) is 4.21. The van der Waals surface area contributed by atoms with Crippen molar-refractivity contribution in [3.63, 3.8) is 0 Å². The first-order valence-corrected chi connectivity index (χ1v) is 6.74. The summed E-state index contributed by atoms with van der Waals surface area (Å²) in [4.78, 5) is 24.3. The van der Waals surface area contributed by atoms with Gasteiger partial charge in [0.05, 0.1) is 4.92 Å². The van der Waals surface area contributed by atoms with E-state index >= 15 is 0 Å². The molecule has 1 rings (SSSR count). The first kappa shape index (κ1) is 15.4. The molecule has 0 radical (unpaired) electrons. The Morgan fingerprint density at radius 1 is 1.37 bits per heavy atom. The number of hydrogen-bond acceptors (Lipinski definition) is 3. The quantitative estimate of drug-likeness (QED) is 0.439. The predicted molar refractivity (Wildman–Crippen MR) is 74.6 cm³/mol. The Morgan fingerprint density at radius 2 is 2.05 bits per heavy atom. The molecule has 0 saturated carbocycles. The minimum atomic E-state index is -0.536. The van der Waals surface area contributed by atoms with E-state index in [1.165, 1.54) is 12.1 Å². The molecular weight excluding hydrogens is 268 g/mol. The van der Waals surface area contributed by atoms with E-state index in [0.717, 1.165) is 12.8 Å². The molecule has 19 heavy (non-hydrogen) atoms. The summed E-state index contributed by atoms with van der Waals surface area (Å²) in [6.45, 7) is 2.98. The fourth-order valence-electron chi connectivity index (χ4n) is 1.75. The average molecular weight is 285 g/mol. The van der Waals surface area contributed by atoms with Crippen LogP contribution in [0.2, 0.25) is 0 Å². The monoisotopic (exact) mass is 284 g/mol. The number of benzene rings is 1. The van der Waals surface area contributed by atoms with Gasteiger partial charge in [-0.25, -0.2) is 0 Å². The molecule has 0 aromatic heterocycles. The molecule has 0 atom stereocenters. The third-order valence-electron chi connectivity index (χ3n) is 2.75. The van der Waals surface area contributed by atoms with E-state index in [9.17, 15) is 14.9 Å². The third-order valence-corrected chi connectivity index (χ3v) is 2.92. The van der Waals surface area contributed by atoms with Gasteiger partial charge in [0.25, 0.3) is 11.6 Å². The van der Waals surface area contributed by atoms with Crippen LogP contribution in [-0.2, 0) is 0 Å². The topological polar surface area (TPSA) is 63.5 Å². The Hall–Kier alpha value is -1.62. The van der Waals surface area contributed by atoms with Gasteiger partial charge in [0.1, 0.15) is 5.56 Å². The highest BCUT2D eigenvalue weighted by Crippen LogP contribution is 2.19. The van der Waals surface area contributed by atoms with E-state index in [2.05, 4.69) is 0 Å². The Balaban J connectivity index is 2.98. The normalized spacial score (nSPS) is 10.2. The van der Waals surface area contributed by atoms with Crippen molar-refractivity contribution in [1.29, 1.82) is 0 Å². The molecule has 0 bridgehead atoms. The van der Waals surface area contributed by atoms with Crippen molar-refractivity contribution < 1.29 is 9.72 Å². The van der Waals surface area contributed by atoms with Gasteiger partial charge < -0.3 is 4.90 Å². The van der Waals surface area contributed by atoms with Gasteiger partial charge in [-0.2, -0.15) is 0 Å². The summed E-state index contributed by atoms with van der Waals surface area (Å²) in [6.07, 6.45) is 1.80. The summed E-state index contributed by atoms with van der Waals surface area (Å²) >= 11 is 5.68. The van der Waals surface area contributed by atoms with Crippen LogP contribution in [0.1, 0.15) is 30.1 Å². The molecular formula is C13H17ClN2O3. The van der Waals surface area contributed by atoms with Gasteiger partial charge in [-0.15, -0.1) is 11.6 Å². The van der Waals surface area contributed by atoms with Crippen LogP contribution in [-0.4, -0.2) is 34.7 Å². The minimum Gasteiger partial charge on any atom is -0.337 e. The maximum absolute atomic E-state index is 12.3. The van der Waals surface area contributed by atoms with Crippen molar-refractivity contribution in [3.05, 3.63) is 39.9 Å². The van der Waals surface area contributed by atoms with Gasteiger partial charge in [-0.3, -0.25) is 14.9 Å². The standard InChI is InChI=1S/C13H17ClN2O3/c1-2-3-9-15(10-8-14)13(17)11-6-4-5-7-12(11)16(18)19/h4-7H,2-3,8-10H2,1H3. The van der Waals surface area contributed by atoms with Gasteiger partial charge in [0.15, 0.2) is 0 Å². The lowest BCUT2D eigenvalue weighted by Gasteiger charge is -2.21. The molecule has 0 N–H and O–H groups in total. The summed E-state index contributed by atoms with van der Waals surface area (Å²) in [5, 5.41) is 10.9. The van der Waals surface area contributed by atoms with Crippen molar-refractivity contribution >= 4 is 23.2 Å². The molecule has 0 aliphatic carbocycles. The van der Waals surface area contributed by atoms with E-state index in [1.54, 1.807) is 17.0 Å². The molecule has 1 aromatic carbocycles. The lowest BCUT2D eigenvalue weighted by atomic mass is 10.1. The fourth-order valence-corrected chi connectivity index (χ4v) is 1.95. The van der Waals surface area contributed by atoms with E-state index in [1.807, 2.05) is 6.92 Å². The number of nitro groups is 1. The zero-order valence-electron chi connectivity index (χ0n) is 10.8. The van der Waals surface area contributed by atoms with Gasteiger partial charge in [0, 0.05) is 25.0 Å². The zero-order chi connectivity index (χ0) is 14.3. The second-order valence-corrected chi connectivity index (χ2v) is 4.49. The molecule has 0 saturated heterocycles. The smallest absolute Gasteiger partial charge is 0.282 e. The second-order valence-electron chi connectivity index (χ2n) is 4.11. The minimum absolute atomic E-state index is 0.119. The first-order chi connectivity index (χ1) is 9.11. The summed E-state index contributed by atoms with van der Waals surface area (Å²) < 4.78 is 0. The van der Waals surface area contributed by atoms with Crippen LogP contribution in [0.15, 0.2) is 24.3 Å². The van der Waals surface area contributed by atoms with Crippen LogP contribution < -0.4 is 0 Å². The molecule has 1 amide bonds. The predicted octanol–water partition coefficient (Wildman–Crippen LogP) is 3.08. The Kier molecular flexibility index (Phi) is 6.29. The number of para-hydroxylation sites is 1. The lowest BCUT2D eigenvalue weighted by molar-refractivity contribution is -0.385. The number of hydrogen-bond donors (Lipinski definition) is 0. The number of amides is 1. The van der Waals surface area contributed by atoms with Gasteiger partial charge in [0.2, 0.25) is 0 Å². The number of nitrogens with zero attached hydrogens (tertiary/aromatic N) is 2. The lowest BCUT2D eigenvalue weighted by Crippen LogP contribution is -2.34. The number of unbranched alkanes of at least 4 members (excludes halogenated alkanes) is 1. The van der Waals surface area contributed by atoms with E-state index in [-0.39, 0.29) is 17.2 Å². The fraction of sp³-hybridized carbons (Fsp3) is 0.462. The first-order valence-electron chi connectivity index (χ1n) is 6.20. The highest BCUT2D eigenvalue weighted by Gasteiger charge is 2.23. The second kappa shape index (κ2) is 7.74. The number of nitro benzene ring substituents is 1. The maximum Gasteiger partial charge on any atom is 0.282 e. The highest BCUT2D eigenvalue weighted by molar-refractivity contribution is 6.18. The summed E-state index contributed by atoms with van der Waals surface area (Å²) in [6, 6.07) is 5.99. The molecule has 0 fully saturated rings. The van der Waals surface area contributed by atoms with Crippen LogP contribution in [0.3, 0.4) is 0 Å². The zero-order valence-corrected chi connectivity index (χ0v) is 11.6. The van der Waals surface area contributed by atoms with Gasteiger partial charge in [-0.05, 0) is 12.5 Å². The van der Waals surface area contributed by atoms with Crippen molar-refractivity contribution in [3.8, 4) is 0 Å². The number of halogens is 1. The van der Waals surface area contributed by atoms with Crippen LogP contribution >= 0.6 is 11.6 Å². The van der Waals surface area contributed by atoms with Crippen LogP contribution in [0, 0.1) is 10.1 Å². The molecule has 0 spiro atoms. The Bertz CT molecular complexity index is 451. The summed E-state index contributed by atoms with van der Waals surface area (Å²) in [7, 11) is 0. The van der Waals surface area contributed by atoms with Crippen molar-refractivity contribution in [2.75, 3.05) is 19.0 Å². The molecule has 6 heteroatoms. The highest BCUT2D eigenvalue weighted by atomic mass is 35.5. The van der Waals surface area contributed by atoms with Crippen LogP contribution in [0.25, 0.3) is 0 Å².